The number of aromatic nitrogens is 2. The number of aliphatic imine (C=N–C) groups is 1. The number of benzene rings is 1. The Morgan fingerprint density at radius 2 is 2.12 bits per heavy atom. The fourth-order valence-corrected chi connectivity index (χ4v) is 2.68. The molecule has 0 bridgehead atoms. The Kier molecular flexibility index (Phi) is 5.09. The molecule has 0 radical (unpaired) electrons. The Labute approximate surface area is 153 Å². The number of hydrogen-bond acceptors (Lipinski definition) is 6. The van der Waals surface area contributed by atoms with Crippen LogP contribution in [-0.4, -0.2) is 21.7 Å². The molecule has 6 heteroatoms. The highest BCUT2D eigenvalue weighted by Crippen LogP contribution is 2.25. The van der Waals surface area contributed by atoms with Crippen LogP contribution in [0.15, 0.2) is 60.0 Å². The van der Waals surface area contributed by atoms with Crippen LogP contribution in [0, 0.1) is 11.3 Å². The minimum Gasteiger partial charge on any atom is -0.382 e. The van der Waals surface area contributed by atoms with Crippen LogP contribution in [0.1, 0.15) is 31.5 Å². The summed E-state index contributed by atoms with van der Waals surface area (Å²) in [6.45, 7) is 3.85. The largest absolute Gasteiger partial charge is 0.382 e. The van der Waals surface area contributed by atoms with E-state index < -0.39 is 0 Å². The predicted octanol–water partition coefficient (Wildman–Crippen LogP) is 3.54. The summed E-state index contributed by atoms with van der Waals surface area (Å²) in [4.78, 5) is 15.2. The molecule has 0 fully saturated rings. The maximum absolute atomic E-state index is 9.25. The van der Waals surface area contributed by atoms with E-state index in [1.165, 1.54) is 0 Å². The molecule has 0 saturated carbocycles. The molecule has 26 heavy (non-hydrogen) atoms. The van der Waals surface area contributed by atoms with E-state index in [0.717, 1.165) is 16.8 Å². The van der Waals surface area contributed by atoms with Crippen molar-refractivity contribution in [3.63, 3.8) is 0 Å². The number of nitrogens with two attached hydrogens (primary N) is 1. The zero-order valence-electron chi connectivity index (χ0n) is 14.8. The van der Waals surface area contributed by atoms with Crippen LogP contribution in [0.5, 0.6) is 0 Å². The fraction of sp³-hybridized carbons (Fsp3) is 0.200. The van der Waals surface area contributed by atoms with E-state index in [0.29, 0.717) is 23.8 Å². The van der Waals surface area contributed by atoms with Crippen LogP contribution in [0.25, 0.3) is 5.57 Å². The molecule has 1 aliphatic rings. The van der Waals surface area contributed by atoms with Gasteiger partial charge in [0.2, 0.25) is 0 Å². The van der Waals surface area contributed by atoms with E-state index in [4.69, 9.17) is 5.73 Å². The van der Waals surface area contributed by atoms with Gasteiger partial charge in [0.05, 0.1) is 12.3 Å². The van der Waals surface area contributed by atoms with Gasteiger partial charge in [0.1, 0.15) is 17.6 Å². The second-order valence-electron chi connectivity index (χ2n) is 6.03. The number of rotatable bonds is 4. The molecule has 0 spiro atoms. The Hall–Kier alpha value is -3.46. The molecule has 2 aromatic rings. The topological polar surface area (TPSA) is 91.2 Å². The summed E-state index contributed by atoms with van der Waals surface area (Å²) in [5.41, 5.74) is 9.35. The first kappa shape index (κ1) is 17.4. The van der Waals surface area contributed by atoms with Gasteiger partial charge in [0.15, 0.2) is 5.82 Å². The third kappa shape index (κ3) is 3.62. The number of anilines is 2. The van der Waals surface area contributed by atoms with E-state index in [-0.39, 0.29) is 6.04 Å². The predicted molar refractivity (Wildman–Crippen MR) is 104 cm³/mol. The lowest BCUT2D eigenvalue weighted by molar-refractivity contribution is 0.829. The second-order valence-corrected chi connectivity index (χ2v) is 6.03. The molecule has 1 aromatic heterocycles. The summed E-state index contributed by atoms with van der Waals surface area (Å²) < 4.78 is 0. The number of nitriles is 1. The van der Waals surface area contributed by atoms with Crippen molar-refractivity contribution < 1.29 is 0 Å². The van der Waals surface area contributed by atoms with Crippen LogP contribution in [0.2, 0.25) is 0 Å². The molecule has 1 aliphatic heterocycles. The van der Waals surface area contributed by atoms with Gasteiger partial charge in [-0.2, -0.15) is 5.26 Å². The number of nitrogen functional groups attached to an aromatic ring is 1. The lowest BCUT2D eigenvalue weighted by Gasteiger charge is -2.19. The maximum atomic E-state index is 9.25. The van der Waals surface area contributed by atoms with Crippen molar-refractivity contribution in [2.75, 3.05) is 10.6 Å². The minimum absolute atomic E-state index is 0.261. The molecule has 1 aromatic carbocycles. The Bertz CT molecular complexity index is 921. The Balaban J connectivity index is 1.90. The molecule has 130 valence electrons. The van der Waals surface area contributed by atoms with E-state index in [1.54, 1.807) is 12.4 Å². The molecule has 1 atom stereocenters. The van der Waals surface area contributed by atoms with Gasteiger partial charge in [-0.05, 0) is 25.0 Å². The number of allylic oxidation sites excluding steroid dienone is 1. The normalized spacial score (nSPS) is 17.4. The van der Waals surface area contributed by atoms with Crippen molar-refractivity contribution >= 4 is 22.9 Å². The SMILES string of the molecule is CC(=CN=C(C)c1ccccc1)c1nc(N2C=CCC2C#N)cnc1N. The molecular weight excluding hydrogens is 324 g/mol. The second kappa shape index (κ2) is 7.62. The first-order valence-electron chi connectivity index (χ1n) is 8.34. The Morgan fingerprint density at radius 1 is 1.35 bits per heavy atom. The molecule has 0 amide bonds. The van der Waals surface area contributed by atoms with E-state index in [2.05, 4.69) is 21.0 Å². The first-order valence-corrected chi connectivity index (χ1v) is 8.34. The van der Waals surface area contributed by atoms with Crippen molar-refractivity contribution in [1.82, 2.24) is 9.97 Å². The summed E-state index contributed by atoms with van der Waals surface area (Å²) in [5, 5.41) is 9.25. The molecule has 2 N–H and O–H groups in total. The molecule has 6 nitrogen and oxygen atoms in total. The van der Waals surface area contributed by atoms with Crippen molar-refractivity contribution in [1.29, 1.82) is 5.26 Å². The van der Waals surface area contributed by atoms with Gasteiger partial charge >= 0.3 is 0 Å². The molecule has 2 heterocycles. The summed E-state index contributed by atoms with van der Waals surface area (Å²) in [5.74, 6) is 0.942. The van der Waals surface area contributed by atoms with E-state index in [1.807, 2.05) is 61.4 Å². The number of nitrogens with zero attached hydrogens (tertiary/aromatic N) is 5. The standard InChI is InChI=1S/C20H20N6/c1-14(12-23-15(2)16-7-4-3-5-8-16)19-20(22)24-13-18(25-19)26-10-6-9-17(26)11-21/h3-8,10,12-13,17H,9H2,1-2H3,(H2,22,24). The van der Waals surface area contributed by atoms with Crippen LogP contribution in [0.3, 0.4) is 0 Å². The molecular formula is C20H20N6. The van der Waals surface area contributed by atoms with Crippen molar-refractivity contribution in [2.45, 2.75) is 26.3 Å². The monoisotopic (exact) mass is 344 g/mol. The van der Waals surface area contributed by atoms with Gasteiger partial charge in [0.25, 0.3) is 0 Å². The fourth-order valence-electron chi connectivity index (χ4n) is 2.68. The van der Waals surface area contributed by atoms with Crippen LogP contribution in [0.4, 0.5) is 11.6 Å². The average Bonchev–Trinajstić information content (AvgIpc) is 3.15. The van der Waals surface area contributed by atoms with Crippen molar-refractivity contribution in [3.05, 3.63) is 66.3 Å². The smallest absolute Gasteiger partial charge is 0.153 e. The maximum Gasteiger partial charge on any atom is 0.153 e. The lowest BCUT2D eigenvalue weighted by Crippen LogP contribution is -2.26. The van der Waals surface area contributed by atoms with Crippen LogP contribution in [-0.2, 0) is 0 Å². The molecule has 3 rings (SSSR count). The van der Waals surface area contributed by atoms with Crippen molar-refractivity contribution in [2.24, 2.45) is 4.99 Å². The van der Waals surface area contributed by atoms with Gasteiger partial charge in [-0.1, -0.05) is 36.4 Å². The zero-order chi connectivity index (χ0) is 18.5. The summed E-state index contributed by atoms with van der Waals surface area (Å²) in [6.07, 6.45) is 7.81. The third-order valence-electron chi connectivity index (χ3n) is 4.18. The molecule has 0 aliphatic carbocycles. The highest BCUT2D eigenvalue weighted by Gasteiger charge is 2.22. The Morgan fingerprint density at radius 3 is 2.85 bits per heavy atom. The van der Waals surface area contributed by atoms with Gasteiger partial charge < -0.3 is 10.6 Å². The summed E-state index contributed by atoms with van der Waals surface area (Å²) >= 11 is 0. The summed E-state index contributed by atoms with van der Waals surface area (Å²) in [6, 6.07) is 12.0. The highest BCUT2D eigenvalue weighted by atomic mass is 15.2. The van der Waals surface area contributed by atoms with Crippen molar-refractivity contribution in [3.8, 4) is 6.07 Å². The van der Waals surface area contributed by atoms with Gasteiger partial charge in [0, 0.05) is 24.5 Å². The van der Waals surface area contributed by atoms with Gasteiger partial charge in [-0.15, -0.1) is 0 Å². The third-order valence-corrected chi connectivity index (χ3v) is 4.18. The number of hydrogen-bond donors (Lipinski definition) is 1. The first-order chi connectivity index (χ1) is 12.6. The zero-order valence-corrected chi connectivity index (χ0v) is 14.8. The van der Waals surface area contributed by atoms with Crippen LogP contribution < -0.4 is 10.6 Å². The molecule has 0 saturated heterocycles. The van der Waals surface area contributed by atoms with Gasteiger partial charge in [-0.25, -0.2) is 9.97 Å². The van der Waals surface area contributed by atoms with Gasteiger partial charge in [-0.3, -0.25) is 4.99 Å². The lowest BCUT2D eigenvalue weighted by atomic mass is 10.1. The highest BCUT2D eigenvalue weighted by molar-refractivity contribution is 5.99. The average molecular weight is 344 g/mol. The van der Waals surface area contributed by atoms with Crippen LogP contribution >= 0.6 is 0 Å². The quantitative estimate of drug-likeness (QED) is 0.857. The van der Waals surface area contributed by atoms with E-state index >= 15 is 0 Å². The minimum atomic E-state index is -0.261. The molecule has 1 unspecified atom stereocenters. The summed E-state index contributed by atoms with van der Waals surface area (Å²) in [7, 11) is 0. The van der Waals surface area contributed by atoms with E-state index in [9.17, 15) is 5.26 Å².